The third-order valence-corrected chi connectivity index (χ3v) is 5.39. The van der Waals surface area contributed by atoms with E-state index in [0.29, 0.717) is 52.9 Å². The molecule has 2 aromatic carbocycles. The molecule has 10 nitrogen and oxygen atoms in total. The Balaban J connectivity index is 1.51. The van der Waals surface area contributed by atoms with Gasteiger partial charge in [0, 0.05) is 36.0 Å². The van der Waals surface area contributed by atoms with E-state index in [1.54, 1.807) is 25.3 Å². The quantitative estimate of drug-likeness (QED) is 0.172. The number of carbonyl (C=O) groups excluding carboxylic acids is 1. The van der Waals surface area contributed by atoms with Crippen LogP contribution in [0.3, 0.4) is 0 Å². The number of benzene rings is 2. The van der Waals surface area contributed by atoms with Gasteiger partial charge in [0.15, 0.2) is 5.82 Å². The molecule has 37 heavy (non-hydrogen) atoms. The zero-order valence-corrected chi connectivity index (χ0v) is 21.2. The van der Waals surface area contributed by atoms with Crippen molar-refractivity contribution in [2.75, 3.05) is 43.4 Å². The molecule has 194 valence electrons. The number of aromatic nitrogens is 4. The largest absolute Gasteiger partial charge is 0.491 e. The number of methoxy groups -OCH3 is 1. The highest BCUT2D eigenvalue weighted by Gasteiger charge is 2.16. The van der Waals surface area contributed by atoms with E-state index in [2.05, 4.69) is 30.8 Å². The lowest BCUT2D eigenvalue weighted by Gasteiger charge is -2.14. The average Bonchev–Trinajstić information content (AvgIpc) is 3.31. The van der Waals surface area contributed by atoms with Gasteiger partial charge in [0.2, 0.25) is 5.91 Å². The molecule has 0 radical (unpaired) electrons. The Morgan fingerprint density at radius 3 is 2.76 bits per heavy atom. The summed E-state index contributed by atoms with van der Waals surface area (Å²) in [6.07, 6.45) is 1.34. The fourth-order valence-electron chi connectivity index (χ4n) is 3.41. The third kappa shape index (κ3) is 6.97. The van der Waals surface area contributed by atoms with Crippen LogP contribution in [0.25, 0.3) is 10.9 Å². The summed E-state index contributed by atoms with van der Waals surface area (Å²) < 4.78 is 30.6. The van der Waals surface area contributed by atoms with Crippen molar-refractivity contribution in [3.05, 3.63) is 59.3 Å². The predicted octanol–water partition coefficient (Wildman–Crippen LogP) is 4.71. The van der Waals surface area contributed by atoms with Crippen LogP contribution in [0.5, 0.6) is 11.5 Å². The van der Waals surface area contributed by atoms with Gasteiger partial charge in [-0.1, -0.05) is 11.6 Å². The summed E-state index contributed by atoms with van der Waals surface area (Å²) >= 11 is 11.6. The molecule has 2 heterocycles. The lowest BCUT2D eigenvalue weighted by atomic mass is 10.2. The van der Waals surface area contributed by atoms with Gasteiger partial charge in [0.05, 0.1) is 35.5 Å². The number of amides is 1. The number of rotatable bonds is 12. The first-order valence-corrected chi connectivity index (χ1v) is 12.0. The van der Waals surface area contributed by atoms with Crippen LogP contribution in [0, 0.1) is 5.82 Å². The molecule has 0 aliphatic rings. The van der Waals surface area contributed by atoms with E-state index in [4.69, 9.17) is 37.4 Å². The van der Waals surface area contributed by atoms with Crippen molar-refractivity contribution in [1.82, 2.24) is 20.2 Å². The van der Waals surface area contributed by atoms with E-state index in [1.165, 1.54) is 18.5 Å². The molecule has 0 fully saturated rings. The molecule has 0 spiro atoms. The van der Waals surface area contributed by atoms with Crippen molar-refractivity contribution in [3.63, 3.8) is 0 Å². The van der Waals surface area contributed by atoms with E-state index in [-0.39, 0.29) is 29.6 Å². The molecule has 0 aliphatic heterocycles. The molecule has 0 bridgehead atoms. The first-order valence-electron chi connectivity index (χ1n) is 11.1. The standard InChI is InChI=1S/C24H23Cl2FN6O4/c1-35-6-7-36-16-11-19-23(20(12-16)37-5-4-25)24(29-13-28-19)31-21-9-15(32-33-21)10-22(34)30-18-3-2-14(26)8-17(18)27/h2-3,8-9,11-13H,4-7,10H2,1H3,(H,30,34)(H2,28,29,31,32,33). The SMILES string of the molecule is COCCOc1cc(OCCCl)c2c(Nc3cc(CC(=O)Nc4ccc(Cl)cc4F)[nH]n3)ncnc2c1. The monoisotopic (exact) mass is 548 g/mol. The van der Waals surface area contributed by atoms with Crippen LogP contribution in [0.1, 0.15) is 5.69 Å². The number of hydrogen-bond acceptors (Lipinski definition) is 8. The van der Waals surface area contributed by atoms with Gasteiger partial charge in [-0.05, 0) is 18.2 Å². The average molecular weight is 549 g/mol. The number of carbonyl (C=O) groups is 1. The Hall–Kier alpha value is -3.67. The lowest BCUT2D eigenvalue weighted by molar-refractivity contribution is -0.115. The summed E-state index contributed by atoms with van der Waals surface area (Å²) in [6.45, 7) is 1.06. The number of halogens is 3. The van der Waals surface area contributed by atoms with E-state index in [1.807, 2.05) is 0 Å². The number of nitrogens with zero attached hydrogens (tertiary/aromatic N) is 3. The topological polar surface area (TPSA) is 123 Å². The van der Waals surface area contributed by atoms with E-state index in [0.717, 1.165) is 6.07 Å². The Morgan fingerprint density at radius 1 is 1.11 bits per heavy atom. The minimum atomic E-state index is -0.622. The Labute approximate surface area is 221 Å². The Morgan fingerprint density at radius 2 is 1.97 bits per heavy atom. The highest BCUT2D eigenvalue weighted by molar-refractivity contribution is 6.30. The Kier molecular flexibility index (Phi) is 8.94. The number of anilines is 3. The van der Waals surface area contributed by atoms with Gasteiger partial charge in [-0.15, -0.1) is 11.6 Å². The number of hydrogen-bond donors (Lipinski definition) is 3. The molecule has 4 rings (SSSR count). The summed E-state index contributed by atoms with van der Waals surface area (Å²) in [7, 11) is 1.59. The first kappa shape index (κ1) is 26.4. The van der Waals surface area contributed by atoms with Gasteiger partial charge in [-0.3, -0.25) is 9.89 Å². The van der Waals surface area contributed by atoms with Crippen molar-refractivity contribution < 1.29 is 23.4 Å². The van der Waals surface area contributed by atoms with Crippen molar-refractivity contribution in [2.45, 2.75) is 6.42 Å². The van der Waals surface area contributed by atoms with E-state index >= 15 is 0 Å². The maximum Gasteiger partial charge on any atom is 0.230 e. The number of alkyl halides is 1. The fourth-order valence-corrected chi connectivity index (χ4v) is 3.64. The van der Waals surface area contributed by atoms with Crippen molar-refractivity contribution in [2.24, 2.45) is 0 Å². The van der Waals surface area contributed by atoms with Gasteiger partial charge >= 0.3 is 0 Å². The molecule has 0 saturated heterocycles. The van der Waals surface area contributed by atoms with Crippen LogP contribution in [0.2, 0.25) is 5.02 Å². The molecule has 0 unspecified atom stereocenters. The predicted molar refractivity (Wildman–Crippen MR) is 139 cm³/mol. The zero-order chi connectivity index (χ0) is 26.2. The summed E-state index contributed by atoms with van der Waals surface area (Å²) in [5.74, 6) is 1.12. The molecule has 1 amide bonds. The van der Waals surface area contributed by atoms with Crippen molar-refractivity contribution >= 4 is 57.3 Å². The number of fused-ring (bicyclic) bond motifs is 1. The second-order valence-corrected chi connectivity index (χ2v) is 8.48. The second kappa shape index (κ2) is 12.5. The van der Waals surface area contributed by atoms with Crippen LogP contribution in [-0.4, -0.2) is 58.9 Å². The molecule has 0 aliphatic carbocycles. The number of ether oxygens (including phenoxy) is 3. The van der Waals surface area contributed by atoms with Crippen LogP contribution >= 0.6 is 23.2 Å². The number of H-pyrrole nitrogens is 1. The molecule has 0 saturated carbocycles. The first-order chi connectivity index (χ1) is 18.0. The van der Waals surface area contributed by atoms with Crippen molar-refractivity contribution in [3.8, 4) is 11.5 Å². The summed E-state index contributed by atoms with van der Waals surface area (Å²) in [5, 5.41) is 13.5. The second-order valence-electron chi connectivity index (χ2n) is 7.67. The minimum Gasteiger partial charge on any atom is -0.491 e. The van der Waals surface area contributed by atoms with Gasteiger partial charge < -0.3 is 24.8 Å². The maximum atomic E-state index is 14.0. The normalized spacial score (nSPS) is 10.9. The van der Waals surface area contributed by atoms with Crippen LogP contribution in [0.15, 0.2) is 42.7 Å². The molecule has 4 aromatic rings. The molecule has 13 heteroatoms. The van der Waals surface area contributed by atoms with Crippen LogP contribution < -0.4 is 20.1 Å². The lowest BCUT2D eigenvalue weighted by Crippen LogP contribution is -2.15. The third-order valence-electron chi connectivity index (χ3n) is 5.00. The highest BCUT2D eigenvalue weighted by Crippen LogP contribution is 2.35. The zero-order valence-electron chi connectivity index (χ0n) is 19.7. The fraction of sp³-hybridized carbons (Fsp3) is 0.250. The van der Waals surface area contributed by atoms with Crippen LogP contribution in [0.4, 0.5) is 21.7 Å². The van der Waals surface area contributed by atoms with Gasteiger partial charge in [0.1, 0.15) is 42.7 Å². The summed E-state index contributed by atoms with van der Waals surface area (Å²) in [4.78, 5) is 21.1. The molecule has 3 N–H and O–H groups in total. The highest BCUT2D eigenvalue weighted by atomic mass is 35.5. The molecular formula is C24H23Cl2FN6O4. The summed E-state index contributed by atoms with van der Waals surface area (Å²) in [6, 6.07) is 9.16. The number of nitrogens with one attached hydrogen (secondary N) is 3. The smallest absolute Gasteiger partial charge is 0.230 e. The molecule has 2 aromatic heterocycles. The van der Waals surface area contributed by atoms with Crippen molar-refractivity contribution in [1.29, 1.82) is 0 Å². The van der Waals surface area contributed by atoms with Gasteiger partial charge in [0.25, 0.3) is 0 Å². The molecule has 0 atom stereocenters. The maximum absolute atomic E-state index is 14.0. The molecular weight excluding hydrogens is 526 g/mol. The van der Waals surface area contributed by atoms with E-state index in [9.17, 15) is 9.18 Å². The minimum absolute atomic E-state index is 0.0368. The Bertz CT molecular complexity index is 1390. The van der Waals surface area contributed by atoms with Gasteiger partial charge in [-0.25, -0.2) is 14.4 Å². The van der Waals surface area contributed by atoms with Gasteiger partial charge in [-0.2, -0.15) is 5.10 Å². The number of aromatic amines is 1. The summed E-state index contributed by atoms with van der Waals surface area (Å²) in [5.41, 5.74) is 1.12. The van der Waals surface area contributed by atoms with E-state index < -0.39 is 11.7 Å². The van der Waals surface area contributed by atoms with Crippen LogP contribution in [-0.2, 0) is 16.0 Å².